The van der Waals surface area contributed by atoms with Crippen molar-refractivity contribution in [3.63, 3.8) is 0 Å². The molecule has 0 atom stereocenters. The number of ketones is 1. The summed E-state index contributed by atoms with van der Waals surface area (Å²) in [6.45, 7) is 0. The Hall–Kier alpha value is -3.72. The van der Waals surface area contributed by atoms with Gasteiger partial charge < -0.3 is 9.84 Å². The number of ether oxygens (including phenoxy) is 1. The fourth-order valence-corrected chi connectivity index (χ4v) is 4.13. The van der Waals surface area contributed by atoms with E-state index in [1.807, 2.05) is 0 Å². The number of benzene rings is 2. The average Bonchev–Trinajstić information content (AvgIpc) is 3.20. The molecule has 160 valence electrons. The van der Waals surface area contributed by atoms with Gasteiger partial charge in [0.1, 0.15) is 5.82 Å². The largest absolute Gasteiger partial charge is 0.502 e. The number of carbonyl (C=O) groups is 2. The molecule has 0 bridgehead atoms. The highest BCUT2D eigenvalue weighted by atomic mass is 32.2. The lowest BCUT2D eigenvalue weighted by Gasteiger charge is -2.05. The molecule has 0 fully saturated rings. The molecule has 1 N–H and O–H groups in total. The minimum absolute atomic E-state index is 0.0188. The second-order valence-corrected chi connectivity index (χ2v) is 8.38. The van der Waals surface area contributed by atoms with Gasteiger partial charge in [0.2, 0.25) is 5.76 Å². The molecule has 0 radical (unpaired) electrons. The summed E-state index contributed by atoms with van der Waals surface area (Å²) >= 11 is 0. The van der Waals surface area contributed by atoms with Gasteiger partial charge in [-0.2, -0.15) is 0 Å². The number of hydrogen-bond donors (Lipinski definition) is 1. The molecule has 0 spiro atoms. The van der Waals surface area contributed by atoms with Crippen LogP contribution in [-0.2, 0) is 26.0 Å². The second-order valence-electron chi connectivity index (χ2n) is 6.53. The topological polar surface area (TPSA) is 103 Å². The molecule has 7 nitrogen and oxygen atoms in total. The number of methoxy groups -OCH3 is 1. The van der Waals surface area contributed by atoms with Crippen molar-refractivity contribution >= 4 is 21.8 Å². The summed E-state index contributed by atoms with van der Waals surface area (Å²) in [5.74, 6) is -3.25. The molecule has 9 heteroatoms. The highest BCUT2D eigenvalue weighted by Gasteiger charge is 2.22. The fourth-order valence-electron chi connectivity index (χ4n) is 2.87. The Labute approximate surface area is 178 Å². The Kier molecular flexibility index (Phi) is 6.36. The minimum atomic E-state index is -3.99. The molecule has 3 aromatic rings. The van der Waals surface area contributed by atoms with E-state index in [1.165, 1.54) is 42.6 Å². The van der Waals surface area contributed by atoms with E-state index in [-0.39, 0.29) is 16.9 Å². The maximum Gasteiger partial charge on any atom is 0.373 e. The van der Waals surface area contributed by atoms with E-state index in [4.69, 9.17) is 0 Å². The monoisotopic (exact) mass is 443 g/mol. The van der Waals surface area contributed by atoms with E-state index in [0.29, 0.717) is 17.2 Å². The first-order chi connectivity index (χ1) is 14.7. The molecule has 0 aliphatic carbocycles. The number of halogens is 1. The van der Waals surface area contributed by atoms with Gasteiger partial charge in [0.25, 0.3) is 10.0 Å². The summed E-state index contributed by atoms with van der Waals surface area (Å²) in [4.78, 5) is 24.1. The predicted molar refractivity (Wildman–Crippen MR) is 110 cm³/mol. The summed E-state index contributed by atoms with van der Waals surface area (Å²) < 4.78 is 44.4. The Balaban J connectivity index is 2.08. The molecule has 31 heavy (non-hydrogen) atoms. The number of esters is 1. The van der Waals surface area contributed by atoms with Gasteiger partial charge in [-0.05, 0) is 41.8 Å². The van der Waals surface area contributed by atoms with Crippen LogP contribution in [0.25, 0.3) is 0 Å². The quantitative estimate of drug-likeness (QED) is 0.260. The number of aliphatic hydroxyl groups is 1. The van der Waals surface area contributed by atoms with Crippen LogP contribution in [0.2, 0.25) is 0 Å². The van der Waals surface area contributed by atoms with Crippen molar-refractivity contribution in [3.8, 4) is 0 Å². The van der Waals surface area contributed by atoms with Gasteiger partial charge in [0, 0.05) is 24.0 Å². The van der Waals surface area contributed by atoms with Crippen LogP contribution in [0.15, 0.2) is 83.7 Å². The molecule has 0 aliphatic heterocycles. The molecule has 1 heterocycles. The zero-order valence-electron chi connectivity index (χ0n) is 16.4. The summed E-state index contributed by atoms with van der Waals surface area (Å²) in [7, 11) is -2.95. The van der Waals surface area contributed by atoms with Crippen molar-refractivity contribution in [2.45, 2.75) is 11.3 Å². The lowest BCUT2D eigenvalue weighted by Crippen LogP contribution is -2.11. The molecular formula is C22H18FNO6S. The van der Waals surface area contributed by atoms with Crippen molar-refractivity contribution in [2.75, 3.05) is 7.11 Å². The third-order valence-corrected chi connectivity index (χ3v) is 6.07. The van der Waals surface area contributed by atoms with Gasteiger partial charge in [0.15, 0.2) is 5.78 Å². The Morgan fingerprint density at radius 1 is 1.06 bits per heavy atom. The molecule has 0 unspecified atom stereocenters. The second kappa shape index (κ2) is 8.97. The zero-order chi connectivity index (χ0) is 22.6. The van der Waals surface area contributed by atoms with Gasteiger partial charge in [0.05, 0.1) is 12.0 Å². The van der Waals surface area contributed by atoms with Crippen LogP contribution in [0, 0.1) is 5.82 Å². The minimum Gasteiger partial charge on any atom is -0.502 e. The molecule has 1 aromatic heterocycles. The first-order valence-electron chi connectivity index (χ1n) is 9.01. The zero-order valence-corrected chi connectivity index (χ0v) is 17.2. The van der Waals surface area contributed by atoms with Gasteiger partial charge in [-0.3, -0.25) is 4.79 Å². The Morgan fingerprint density at radius 2 is 1.71 bits per heavy atom. The van der Waals surface area contributed by atoms with Crippen molar-refractivity contribution in [1.29, 1.82) is 0 Å². The predicted octanol–water partition coefficient (Wildman–Crippen LogP) is 3.25. The number of hydrogen-bond acceptors (Lipinski definition) is 6. The van der Waals surface area contributed by atoms with Crippen LogP contribution in [0.1, 0.15) is 21.5 Å². The Bertz CT molecular complexity index is 1240. The highest BCUT2D eigenvalue weighted by molar-refractivity contribution is 7.90. The Morgan fingerprint density at radius 3 is 2.32 bits per heavy atom. The number of allylic oxidation sites excluding steroid dienone is 1. The van der Waals surface area contributed by atoms with Crippen LogP contribution in [0.5, 0.6) is 0 Å². The average molecular weight is 443 g/mol. The molecule has 0 amide bonds. The van der Waals surface area contributed by atoms with E-state index in [2.05, 4.69) is 4.74 Å². The third kappa shape index (κ3) is 4.89. The van der Waals surface area contributed by atoms with E-state index < -0.39 is 33.4 Å². The fraction of sp³-hybridized carbons (Fsp3) is 0.0909. The van der Waals surface area contributed by atoms with Crippen LogP contribution in [0.4, 0.5) is 4.39 Å². The van der Waals surface area contributed by atoms with Gasteiger partial charge in [-0.15, -0.1) is 0 Å². The number of rotatable bonds is 7. The molecule has 0 saturated heterocycles. The normalized spacial score (nSPS) is 11.9. The number of aliphatic hydroxyl groups excluding tert-OH is 1. The first kappa shape index (κ1) is 22.0. The maximum atomic E-state index is 13.2. The van der Waals surface area contributed by atoms with Crippen LogP contribution in [0.3, 0.4) is 0 Å². The van der Waals surface area contributed by atoms with Crippen molar-refractivity contribution < 1.29 is 32.2 Å². The molecule has 0 saturated carbocycles. The van der Waals surface area contributed by atoms with Crippen molar-refractivity contribution in [2.24, 2.45) is 0 Å². The van der Waals surface area contributed by atoms with Crippen LogP contribution in [-0.4, -0.2) is 36.4 Å². The van der Waals surface area contributed by atoms with E-state index in [9.17, 15) is 27.5 Å². The third-order valence-electron chi connectivity index (χ3n) is 4.44. The lowest BCUT2D eigenvalue weighted by atomic mass is 10.0. The van der Waals surface area contributed by atoms with Crippen molar-refractivity contribution in [3.05, 3.63) is 101 Å². The number of nitrogens with zero attached hydrogens (tertiary/aromatic N) is 1. The summed E-state index contributed by atoms with van der Waals surface area (Å²) in [6, 6.07) is 13.2. The molecule has 0 aliphatic rings. The summed E-state index contributed by atoms with van der Waals surface area (Å²) in [5, 5.41) is 9.70. The highest BCUT2D eigenvalue weighted by Crippen LogP contribution is 2.22. The molecule has 3 rings (SSSR count). The van der Waals surface area contributed by atoms with Gasteiger partial charge in [-0.25, -0.2) is 21.6 Å². The smallest absolute Gasteiger partial charge is 0.373 e. The summed E-state index contributed by atoms with van der Waals surface area (Å²) in [6.07, 6.45) is 3.17. The van der Waals surface area contributed by atoms with Gasteiger partial charge in [-0.1, -0.05) is 30.3 Å². The summed E-state index contributed by atoms with van der Waals surface area (Å²) in [5.41, 5.74) is 0.899. The maximum absolute atomic E-state index is 13.2. The van der Waals surface area contributed by atoms with E-state index in [1.54, 1.807) is 18.2 Å². The van der Waals surface area contributed by atoms with E-state index in [0.717, 1.165) is 17.3 Å². The van der Waals surface area contributed by atoms with Gasteiger partial charge >= 0.3 is 5.97 Å². The van der Waals surface area contributed by atoms with Crippen LogP contribution >= 0.6 is 0 Å². The number of aromatic nitrogens is 1. The lowest BCUT2D eigenvalue weighted by molar-refractivity contribution is -0.139. The molecular weight excluding hydrogens is 425 g/mol. The standard InChI is InChI=1S/C22H18FNO6S/c1-30-22(27)21(26)12-20(25)19-14-24(31(28,29)18-5-3-2-4-6-18)13-16(19)11-15-7-9-17(23)10-8-15/h2-10,12-14,26H,11H2,1H3. The van der Waals surface area contributed by atoms with Crippen LogP contribution < -0.4 is 0 Å². The number of carbonyl (C=O) groups excluding carboxylic acids is 2. The SMILES string of the molecule is COC(=O)C(O)=CC(=O)c1cn(S(=O)(=O)c2ccccc2)cc1Cc1ccc(F)cc1. The first-order valence-corrected chi connectivity index (χ1v) is 10.5. The van der Waals surface area contributed by atoms with E-state index >= 15 is 0 Å². The van der Waals surface area contributed by atoms with Crippen molar-refractivity contribution in [1.82, 2.24) is 3.97 Å². The molecule has 2 aromatic carbocycles.